The van der Waals surface area contributed by atoms with E-state index in [-0.39, 0.29) is 5.91 Å². The van der Waals surface area contributed by atoms with Crippen molar-refractivity contribution in [2.24, 2.45) is 0 Å². The fraction of sp³-hybridized carbons (Fsp3) is 0.250. The fourth-order valence-electron chi connectivity index (χ4n) is 3.20. The van der Waals surface area contributed by atoms with Gasteiger partial charge in [0, 0.05) is 23.2 Å². The molecule has 1 amide bonds. The van der Waals surface area contributed by atoms with E-state index in [1.165, 1.54) is 11.3 Å². The smallest absolute Gasteiger partial charge is 0.270 e. The molecule has 0 aliphatic carbocycles. The summed E-state index contributed by atoms with van der Waals surface area (Å²) in [5, 5.41) is 15.3. The maximum absolute atomic E-state index is 12.2. The first-order chi connectivity index (χ1) is 16.2. The zero-order chi connectivity index (χ0) is 23.0. The Bertz CT molecular complexity index is 1210. The molecule has 2 aromatic carbocycles. The number of thioether (sulfide) groups is 1. The number of nitrogens with zero attached hydrogens (tertiary/aromatic N) is 4. The van der Waals surface area contributed by atoms with Crippen molar-refractivity contribution in [1.82, 2.24) is 25.1 Å². The monoisotopic (exact) mass is 479 g/mol. The molecule has 9 heteroatoms. The Morgan fingerprint density at radius 3 is 2.79 bits per heavy atom. The second-order valence-corrected chi connectivity index (χ2v) is 9.12. The number of nitrogens with one attached hydrogen (secondary N) is 1. The molecule has 33 heavy (non-hydrogen) atoms. The number of rotatable bonds is 10. The standard InChI is InChI=1S/C24H25N5O2S2/c1-3-4-13-25-23(30)20-15-32-21(26-20)16-33-24-28-27-22(17-9-8-12-19(14-17)31-2)29(24)18-10-6-5-7-11-18/h5-12,14-15H,3-4,13,16H2,1-2H3,(H,25,30). The van der Waals surface area contributed by atoms with Gasteiger partial charge < -0.3 is 10.1 Å². The van der Waals surface area contributed by atoms with E-state index in [0.29, 0.717) is 18.0 Å². The van der Waals surface area contributed by atoms with E-state index in [1.807, 2.05) is 59.2 Å². The van der Waals surface area contributed by atoms with Crippen LogP contribution < -0.4 is 10.1 Å². The molecule has 2 heterocycles. The first-order valence-corrected chi connectivity index (χ1v) is 12.6. The summed E-state index contributed by atoms with van der Waals surface area (Å²) in [6.07, 6.45) is 2.00. The van der Waals surface area contributed by atoms with Crippen LogP contribution in [0.5, 0.6) is 5.75 Å². The molecule has 0 atom stereocenters. The molecule has 0 saturated heterocycles. The summed E-state index contributed by atoms with van der Waals surface area (Å²) in [4.78, 5) is 16.8. The number of benzene rings is 2. The van der Waals surface area contributed by atoms with E-state index < -0.39 is 0 Å². The van der Waals surface area contributed by atoms with Crippen molar-refractivity contribution in [1.29, 1.82) is 0 Å². The number of hydrogen-bond donors (Lipinski definition) is 1. The Balaban J connectivity index is 1.56. The maximum Gasteiger partial charge on any atom is 0.270 e. The second kappa shape index (κ2) is 11.1. The molecule has 0 unspecified atom stereocenters. The molecule has 7 nitrogen and oxygen atoms in total. The maximum atomic E-state index is 12.2. The van der Waals surface area contributed by atoms with Gasteiger partial charge in [-0.25, -0.2) is 4.98 Å². The molecular formula is C24H25N5O2S2. The molecule has 0 aliphatic heterocycles. The minimum atomic E-state index is -0.122. The minimum absolute atomic E-state index is 0.122. The number of aromatic nitrogens is 4. The number of unbranched alkanes of at least 4 members (excludes halogenated alkanes) is 1. The predicted molar refractivity (Wildman–Crippen MR) is 132 cm³/mol. The van der Waals surface area contributed by atoms with Crippen molar-refractivity contribution in [3.05, 3.63) is 70.7 Å². The third-order valence-corrected chi connectivity index (χ3v) is 6.87. The topological polar surface area (TPSA) is 81.9 Å². The van der Waals surface area contributed by atoms with Crippen molar-refractivity contribution in [2.75, 3.05) is 13.7 Å². The van der Waals surface area contributed by atoms with E-state index in [0.717, 1.165) is 45.8 Å². The summed E-state index contributed by atoms with van der Waals surface area (Å²) in [5.41, 5.74) is 2.35. The van der Waals surface area contributed by atoms with Crippen molar-refractivity contribution < 1.29 is 9.53 Å². The molecule has 0 aliphatic rings. The number of carbonyl (C=O) groups is 1. The zero-order valence-corrected chi connectivity index (χ0v) is 20.2. The van der Waals surface area contributed by atoms with Crippen LogP contribution in [0, 0.1) is 0 Å². The van der Waals surface area contributed by atoms with Crippen LogP contribution in [0.4, 0.5) is 0 Å². The SMILES string of the molecule is CCCCNC(=O)c1csc(CSc2nnc(-c3cccc(OC)c3)n2-c2ccccc2)n1. The van der Waals surface area contributed by atoms with Gasteiger partial charge in [-0.3, -0.25) is 9.36 Å². The molecule has 0 spiro atoms. The number of methoxy groups -OCH3 is 1. The number of ether oxygens (including phenoxy) is 1. The molecule has 0 radical (unpaired) electrons. The molecule has 170 valence electrons. The van der Waals surface area contributed by atoms with Gasteiger partial charge in [-0.05, 0) is 30.7 Å². The molecule has 4 rings (SSSR count). The average molecular weight is 480 g/mol. The molecule has 0 bridgehead atoms. The Morgan fingerprint density at radius 2 is 2.00 bits per heavy atom. The van der Waals surface area contributed by atoms with Crippen LogP contribution in [0.25, 0.3) is 17.1 Å². The van der Waals surface area contributed by atoms with Gasteiger partial charge in [0.15, 0.2) is 11.0 Å². The van der Waals surface area contributed by atoms with Crippen molar-refractivity contribution in [3.63, 3.8) is 0 Å². The summed E-state index contributed by atoms with van der Waals surface area (Å²) in [6.45, 7) is 2.77. The van der Waals surface area contributed by atoms with Crippen LogP contribution >= 0.6 is 23.1 Å². The van der Waals surface area contributed by atoms with Gasteiger partial charge in [-0.2, -0.15) is 0 Å². The Morgan fingerprint density at radius 1 is 1.15 bits per heavy atom. The van der Waals surface area contributed by atoms with Crippen LogP contribution in [-0.4, -0.2) is 39.3 Å². The number of hydrogen-bond acceptors (Lipinski definition) is 7. The first-order valence-electron chi connectivity index (χ1n) is 10.7. The summed E-state index contributed by atoms with van der Waals surface area (Å²) < 4.78 is 7.42. The zero-order valence-electron chi connectivity index (χ0n) is 18.5. The highest BCUT2D eigenvalue weighted by Gasteiger charge is 2.18. The highest BCUT2D eigenvalue weighted by atomic mass is 32.2. The van der Waals surface area contributed by atoms with Gasteiger partial charge in [-0.1, -0.05) is 55.4 Å². The normalized spacial score (nSPS) is 10.8. The highest BCUT2D eigenvalue weighted by molar-refractivity contribution is 7.98. The molecule has 0 saturated carbocycles. The minimum Gasteiger partial charge on any atom is -0.497 e. The largest absolute Gasteiger partial charge is 0.497 e. The number of thiazole rings is 1. The average Bonchev–Trinajstić information content (AvgIpc) is 3.51. The lowest BCUT2D eigenvalue weighted by molar-refractivity contribution is 0.0948. The van der Waals surface area contributed by atoms with E-state index in [1.54, 1.807) is 24.3 Å². The number of carbonyl (C=O) groups excluding carboxylic acids is 1. The van der Waals surface area contributed by atoms with Crippen molar-refractivity contribution in [3.8, 4) is 22.8 Å². The van der Waals surface area contributed by atoms with Gasteiger partial charge in [-0.15, -0.1) is 21.5 Å². The molecule has 4 aromatic rings. The quantitative estimate of drug-likeness (QED) is 0.248. The summed E-state index contributed by atoms with van der Waals surface area (Å²) in [7, 11) is 1.65. The van der Waals surface area contributed by atoms with Gasteiger partial charge in [0.2, 0.25) is 0 Å². The second-order valence-electron chi connectivity index (χ2n) is 7.23. The summed E-state index contributed by atoms with van der Waals surface area (Å²) in [6, 6.07) is 17.8. The Hall–Kier alpha value is -3.17. The fourth-order valence-corrected chi connectivity index (χ4v) is 4.94. The van der Waals surface area contributed by atoms with Crippen LogP contribution in [0.1, 0.15) is 35.3 Å². The number of para-hydroxylation sites is 1. The lowest BCUT2D eigenvalue weighted by atomic mass is 10.2. The van der Waals surface area contributed by atoms with Gasteiger partial charge in [0.25, 0.3) is 5.91 Å². The van der Waals surface area contributed by atoms with Crippen molar-refractivity contribution in [2.45, 2.75) is 30.7 Å². The van der Waals surface area contributed by atoms with Crippen LogP contribution in [0.2, 0.25) is 0 Å². The van der Waals surface area contributed by atoms with E-state index >= 15 is 0 Å². The summed E-state index contributed by atoms with van der Waals surface area (Å²) >= 11 is 3.02. The van der Waals surface area contributed by atoms with Gasteiger partial charge >= 0.3 is 0 Å². The van der Waals surface area contributed by atoms with E-state index in [4.69, 9.17) is 4.74 Å². The molecule has 1 N–H and O–H groups in total. The van der Waals surface area contributed by atoms with Crippen LogP contribution in [-0.2, 0) is 5.75 Å². The lowest BCUT2D eigenvalue weighted by Crippen LogP contribution is -2.24. The number of amides is 1. The summed E-state index contributed by atoms with van der Waals surface area (Å²) in [5.74, 6) is 1.97. The molecule has 2 aromatic heterocycles. The van der Waals surface area contributed by atoms with Gasteiger partial charge in [0.05, 0.1) is 12.9 Å². The van der Waals surface area contributed by atoms with Crippen LogP contribution in [0.15, 0.2) is 65.1 Å². The van der Waals surface area contributed by atoms with Crippen molar-refractivity contribution >= 4 is 29.0 Å². The van der Waals surface area contributed by atoms with E-state index in [2.05, 4.69) is 27.4 Å². The Labute approximate surface area is 201 Å². The van der Waals surface area contributed by atoms with Crippen LogP contribution in [0.3, 0.4) is 0 Å². The highest BCUT2D eigenvalue weighted by Crippen LogP contribution is 2.31. The van der Waals surface area contributed by atoms with E-state index in [9.17, 15) is 4.79 Å². The molecular weight excluding hydrogens is 454 g/mol. The third kappa shape index (κ3) is 5.61. The lowest BCUT2D eigenvalue weighted by Gasteiger charge is -2.10. The molecule has 0 fully saturated rings. The predicted octanol–water partition coefficient (Wildman–Crippen LogP) is 5.22. The Kier molecular flexibility index (Phi) is 7.74. The third-order valence-electron chi connectivity index (χ3n) is 4.90. The van der Waals surface area contributed by atoms with Gasteiger partial charge in [0.1, 0.15) is 16.5 Å². The first kappa shape index (κ1) is 23.0.